The number of halogens is 2. The number of aromatic hydroxyl groups is 1. The molecule has 4 rings (SSSR count). The van der Waals surface area contributed by atoms with E-state index in [2.05, 4.69) is 22.3 Å². The van der Waals surface area contributed by atoms with Crippen molar-refractivity contribution in [3.05, 3.63) is 81.9 Å². The van der Waals surface area contributed by atoms with E-state index in [0.717, 1.165) is 18.9 Å². The fourth-order valence-electron chi connectivity index (χ4n) is 3.37. The first-order valence-corrected chi connectivity index (χ1v) is 10.9. The Labute approximate surface area is 196 Å². The van der Waals surface area contributed by atoms with E-state index in [4.69, 9.17) is 11.6 Å². The van der Waals surface area contributed by atoms with Gasteiger partial charge in [0.1, 0.15) is 22.9 Å². The molecule has 1 amide bonds. The van der Waals surface area contributed by atoms with Gasteiger partial charge in [0.2, 0.25) is 0 Å². The maximum Gasteiger partial charge on any atom is 0.272 e. The van der Waals surface area contributed by atoms with Crippen LogP contribution in [-0.4, -0.2) is 31.5 Å². The molecule has 2 aromatic carbocycles. The molecular formula is C25H23ClFN3O3. The highest BCUT2D eigenvalue weighted by Crippen LogP contribution is 2.36. The van der Waals surface area contributed by atoms with Gasteiger partial charge in [-0.05, 0) is 68.5 Å². The van der Waals surface area contributed by atoms with Crippen LogP contribution in [0.25, 0.3) is 0 Å². The van der Waals surface area contributed by atoms with Gasteiger partial charge < -0.3 is 15.5 Å². The lowest BCUT2D eigenvalue weighted by atomic mass is 9.97. The number of rotatable bonds is 5. The summed E-state index contributed by atoms with van der Waals surface area (Å²) in [6.07, 6.45) is 1.87. The van der Waals surface area contributed by atoms with Crippen molar-refractivity contribution in [2.75, 3.05) is 0 Å². The van der Waals surface area contributed by atoms with Gasteiger partial charge in [-0.1, -0.05) is 29.7 Å². The molecule has 6 nitrogen and oxygen atoms in total. The normalized spacial score (nSPS) is 14.3. The van der Waals surface area contributed by atoms with Gasteiger partial charge >= 0.3 is 0 Å². The number of carbonyl (C=O) groups is 1. The van der Waals surface area contributed by atoms with Crippen molar-refractivity contribution < 1.29 is 19.4 Å². The molecule has 0 spiro atoms. The summed E-state index contributed by atoms with van der Waals surface area (Å²) < 4.78 is 15.7. The summed E-state index contributed by atoms with van der Waals surface area (Å²) in [5.41, 5.74) is 0.292. The van der Waals surface area contributed by atoms with Crippen LogP contribution < -0.4 is 5.32 Å². The summed E-state index contributed by atoms with van der Waals surface area (Å²) in [4.78, 5) is 13.2. The lowest BCUT2D eigenvalue weighted by molar-refractivity contribution is 0.0936. The van der Waals surface area contributed by atoms with Gasteiger partial charge in [0, 0.05) is 16.7 Å². The zero-order chi connectivity index (χ0) is 23.8. The minimum atomic E-state index is -1.18. The van der Waals surface area contributed by atoms with E-state index < -0.39 is 23.4 Å². The Bertz CT molecular complexity index is 1250. The Morgan fingerprint density at radius 1 is 1.24 bits per heavy atom. The third-order valence-corrected chi connectivity index (χ3v) is 5.39. The molecule has 8 heteroatoms. The van der Waals surface area contributed by atoms with E-state index >= 15 is 0 Å². The van der Waals surface area contributed by atoms with Gasteiger partial charge in [-0.2, -0.15) is 5.10 Å². The van der Waals surface area contributed by atoms with Crippen LogP contribution in [0.2, 0.25) is 5.02 Å². The summed E-state index contributed by atoms with van der Waals surface area (Å²) in [6.45, 7) is 3.15. The highest BCUT2D eigenvalue weighted by atomic mass is 35.5. The molecular weight excluding hydrogens is 445 g/mol. The molecule has 3 aromatic rings. The molecule has 1 aliphatic rings. The molecule has 1 atom stereocenters. The van der Waals surface area contributed by atoms with Crippen molar-refractivity contribution in [1.82, 2.24) is 15.1 Å². The van der Waals surface area contributed by atoms with Gasteiger partial charge in [-0.25, -0.2) is 4.39 Å². The molecule has 1 unspecified atom stereocenters. The quantitative estimate of drug-likeness (QED) is 0.486. The molecule has 1 heterocycles. The van der Waals surface area contributed by atoms with Crippen molar-refractivity contribution in [1.29, 1.82) is 0 Å². The molecule has 33 heavy (non-hydrogen) atoms. The molecule has 1 saturated carbocycles. The molecule has 0 saturated heterocycles. The van der Waals surface area contributed by atoms with Gasteiger partial charge in [0.15, 0.2) is 5.69 Å². The van der Waals surface area contributed by atoms with Crippen molar-refractivity contribution in [2.45, 2.75) is 44.4 Å². The van der Waals surface area contributed by atoms with Crippen LogP contribution in [0.4, 0.5) is 4.39 Å². The Balaban J connectivity index is 1.69. The fraction of sp³-hybridized carbons (Fsp3) is 0.280. The van der Waals surface area contributed by atoms with Crippen molar-refractivity contribution in [3.8, 4) is 17.6 Å². The van der Waals surface area contributed by atoms with E-state index in [1.165, 1.54) is 12.1 Å². The molecule has 0 aliphatic heterocycles. The zero-order valence-corrected chi connectivity index (χ0v) is 18.9. The van der Waals surface area contributed by atoms with Gasteiger partial charge in [0.05, 0.1) is 12.1 Å². The van der Waals surface area contributed by atoms with Gasteiger partial charge in [0.25, 0.3) is 5.91 Å². The van der Waals surface area contributed by atoms with Crippen LogP contribution in [0.15, 0.2) is 48.5 Å². The van der Waals surface area contributed by atoms with Gasteiger partial charge in [-0.15, -0.1) is 0 Å². The number of carbonyl (C=O) groups excluding carboxylic acids is 1. The number of phenols is 1. The number of hydrogen-bond donors (Lipinski definition) is 3. The monoisotopic (exact) mass is 467 g/mol. The minimum absolute atomic E-state index is 0.136. The first kappa shape index (κ1) is 22.8. The predicted octanol–water partition coefficient (Wildman–Crippen LogP) is 4.36. The Morgan fingerprint density at radius 2 is 1.94 bits per heavy atom. The molecule has 1 aliphatic carbocycles. The number of aliphatic hydroxyl groups is 1. The third kappa shape index (κ3) is 5.54. The first-order chi connectivity index (χ1) is 15.6. The maximum absolute atomic E-state index is 14.0. The largest absolute Gasteiger partial charge is 0.508 e. The second kappa shape index (κ2) is 8.89. The van der Waals surface area contributed by atoms with Crippen LogP contribution in [-0.2, 0) is 0 Å². The lowest BCUT2D eigenvalue weighted by Crippen LogP contribution is -2.30. The van der Waals surface area contributed by atoms with E-state index in [0.29, 0.717) is 16.3 Å². The summed E-state index contributed by atoms with van der Waals surface area (Å²) in [5, 5.41) is 28.1. The van der Waals surface area contributed by atoms with E-state index in [1.807, 2.05) is 0 Å². The number of hydrogen-bond acceptors (Lipinski definition) is 4. The summed E-state index contributed by atoms with van der Waals surface area (Å²) in [5.74, 6) is 4.45. The molecule has 1 aromatic heterocycles. The molecule has 1 fully saturated rings. The van der Waals surface area contributed by atoms with Crippen LogP contribution in [0.5, 0.6) is 5.75 Å². The van der Waals surface area contributed by atoms with E-state index in [-0.39, 0.29) is 23.0 Å². The summed E-state index contributed by atoms with van der Waals surface area (Å²) in [6, 6.07) is 11.1. The number of amides is 1. The fourth-order valence-corrected chi connectivity index (χ4v) is 3.50. The topological polar surface area (TPSA) is 87.4 Å². The van der Waals surface area contributed by atoms with Gasteiger partial charge in [-0.3, -0.25) is 9.48 Å². The van der Waals surface area contributed by atoms with Crippen LogP contribution in [0.3, 0.4) is 0 Å². The van der Waals surface area contributed by atoms with Crippen molar-refractivity contribution in [2.24, 2.45) is 0 Å². The van der Waals surface area contributed by atoms with Crippen LogP contribution in [0.1, 0.15) is 66.1 Å². The number of nitrogens with zero attached hydrogens (tertiary/aromatic N) is 2. The summed E-state index contributed by atoms with van der Waals surface area (Å²) in [7, 11) is 0. The van der Waals surface area contributed by atoms with Crippen molar-refractivity contribution in [3.63, 3.8) is 0 Å². The number of benzene rings is 2. The first-order valence-electron chi connectivity index (χ1n) is 10.5. The maximum atomic E-state index is 14.0. The Morgan fingerprint density at radius 3 is 2.58 bits per heavy atom. The average Bonchev–Trinajstić information content (AvgIpc) is 3.51. The molecule has 0 bridgehead atoms. The number of aromatic nitrogens is 2. The SMILES string of the molecule is CC(C)(O)C#Cc1cc(C(=O)NC(c2ccc(Cl)cc2)c2cc(F)ccc2O)nn1C1CC1. The van der Waals surface area contributed by atoms with Crippen molar-refractivity contribution >= 4 is 17.5 Å². The van der Waals surface area contributed by atoms with Crippen LogP contribution in [0, 0.1) is 17.7 Å². The minimum Gasteiger partial charge on any atom is -0.508 e. The lowest BCUT2D eigenvalue weighted by Gasteiger charge is -2.20. The Kier molecular flexibility index (Phi) is 6.15. The second-order valence-electron chi connectivity index (χ2n) is 8.56. The molecule has 170 valence electrons. The summed E-state index contributed by atoms with van der Waals surface area (Å²) >= 11 is 6.00. The highest BCUT2D eigenvalue weighted by Gasteiger charge is 2.29. The van der Waals surface area contributed by atoms with E-state index in [9.17, 15) is 19.4 Å². The highest BCUT2D eigenvalue weighted by molar-refractivity contribution is 6.30. The van der Waals surface area contributed by atoms with Crippen LogP contribution >= 0.6 is 11.6 Å². The zero-order valence-electron chi connectivity index (χ0n) is 18.1. The van der Waals surface area contributed by atoms with E-state index in [1.54, 1.807) is 48.9 Å². The molecule has 0 radical (unpaired) electrons. The number of nitrogens with one attached hydrogen (secondary N) is 1. The predicted molar refractivity (Wildman–Crippen MR) is 122 cm³/mol. The second-order valence-corrected chi connectivity index (χ2v) is 9.00. The average molecular weight is 468 g/mol. The Hall–Kier alpha value is -3.34. The third-order valence-electron chi connectivity index (χ3n) is 5.14. The standard InChI is InChI=1S/C25H23ClFN3O3/c1-25(2,33)12-11-19-14-21(29-30(19)18-8-9-18)24(32)28-23(15-3-5-16(26)6-4-15)20-13-17(27)7-10-22(20)31/h3-7,10,13-14,18,23,31,33H,8-9H2,1-2H3,(H,28,32). The molecule has 3 N–H and O–H groups in total. The smallest absolute Gasteiger partial charge is 0.272 e. The number of phenolic OH excluding ortho intramolecular Hbond substituents is 1.